The van der Waals surface area contributed by atoms with Crippen LogP contribution in [0.1, 0.15) is 35.7 Å². The van der Waals surface area contributed by atoms with Gasteiger partial charge in [0.1, 0.15) is 11.1 Å². The Morgan fingerprint density at radius 2 is 1.96 bits per heavy atom. The normalized spacial score (nSPS) is 11.2. The Labute approximate surface area is 131 Å². The summed E-state index contributed by atoms with van der Waals surface area (Å²) in [6.07, 6.45) is 1.06. The van der Waals surface area contributed by atoms with E-state index in [2.05, 4.69) is 0 Å². The van der Waals surface area contributed by atoms with Gasteiger partial charge in [-0.15, -0.1) is 0 Å². The molecule has 0 fully saturated rings. The largest absolute Gasteiger partial charge is 0.507 e. The molecule has 0 amide bonds. The standard InChI is InChI=1S/C18H16O5/c1-3-5-13(19)11-8-12-10-6-4-7-14(20)15(10)18(22)23-17(12)16(21)9(11)2/h4,6-8,20-21H,3,5H2,1-2H3. The molecule has 2 N–H and O–H groups in total. The maximum atomic E-state index is 12.3. The van der Waals surface area contributed by atoms with Crippen LogP contribution in [0.25, 0.3) is 21.7 Å². The number of aromatic hydroxyl groups is 2. The van der Waals surface area contributed by atoms with Crippen LogP contribution in [0.5, 0.6) is 11.5 Å². The molecule has 0 saturated heterocycles. The van der Waals surface area contributed by atoms with Crippen molar-refractivity contribution in [3.05, 3.63) is 45.8 Å². The van der Waals surface area contributed by atoms with Crippen molar-refractivity contribution in [2.24, 2.45) is 0 Å². The van der Waals surface area contributed by atoms with Crippen LogP contribution in [-0.2, 0) is 0 Å². The van der Waals surface area contributed by atoms with Gasteiger partial charge in [-0.25, -0.2) is 4.79 Å². The topological polar surface area (TPSA) is 87.7 Å². The zero-order valence-electron chi connectivity index (χ0n) is 12.8. The average molecular weight is 312 g/mol. The Morgan fingerprint density at radius 3 is 2.65 bits per heavy atom. The van der Waals surface area contributed by atoms with Crippen molar-refractivity contribution in [3.8, 4) is 11.5 Å². The van der Waals surface area contributed by atoms with E-state index >= 15 is 0 Å². The van der Waals surface area contributed by atoms with Crippen LogP contribution in [0.2, 0.25) is 0 Å². The van der Waals surface area contributed by atoms with Gasteiger partial charge < -0.3 is 14.6 Å². The van der Waals surface area contributed by atoms with Crippen LogP contribution in [0.4, 0.5) is 0 Å². The van der Waals surface area contributed by atoms with Gasteiger partial charge >= 0.3 is 5.63 Å². The van der Waals surface area contributed by atoms with Crippen molar-refractivity contribution >= 4 is 27.5 Å². The fourth-order valence-corrected chi connectivity index (χ4v) is 2.82. The fraction of sp³-hybridized carbons (Fsp3) is 0.222. The third-order valence-electron chi connectivity index (χ3n) is 4.02. The lowest BCUT2D eigenvalue weighted by Crippen LogP contribution is -2.05. The smallest absolute Gasteiger partial charge is 0.348 e. The molecule has 1 aromatic heterocycles. The highest BCUT2D eigenvalue weighted by atomic mass is 16.4. The predicted octanol–water partition coefficient (Wildman–Crippen LogP) is 3.65. The average Bonchev–Trinajstić information content (AvgIpc) is 2.51. The van der Waals surface area contributed by atoms with E-state index in [1.54, 1.807) is 25.1 Å². The minimum atomic E-state index is -0.729. The highest BCUT2D eigenvalue weighted by Gasteiger charge is 2.19. The van der Waals surface area contributed by atoms with Crippen LogP contribution in [0.15, 0.2) is 33.5 Å². The van der Waals surface area contributed by atoms with E-state index in [0.717, 1.165) is 0 Å². The first-order valence-corrected chi connectivity index (χ1v) is 7.40. The maximum Gasteiger partial charge on any atom is 0.348 e. The molecule has 118 valence electrons. The number of carbonyl (C=O) groups excluding carboxylic acids is 1. The van der Waals surface area contributed by atoms with E-state index < -0.39 is 5.63 Å². The van der Waals surface area contributed by atoms with Crippen molar-refractivity contribution in [1.82, 2.24) is 0 Å². The van der Waals surface area contributed by atoms with E-state index in [9.17, 15) is 19.8 Å². The summed E-state index contributed by atoms with van der Waals surface area (Å²) >= 11 is 0. The van der Waals surface area contributed by atoms with E-state index in [1.165, 1.54) is 6.07 Å². The van der Waals surface area contributed by atoms with Gasteiger partial charge in [0.05, 0.1) is 0 Å². The first kappa shape index (κ1) is 15.1. The van der Waals surface area contributed by atoms with E-state index in [-0.39, 0.29) is 28.3 Å². The summed E-state index contributed by atoms with van der Waals surface area (Å²) in [4.78, 5) is 24.4. The number of Topliss-reactive ketones (excluding diaryl/α,β-unsaturated/α-hetero) is 1. The SMILES string of the molecule is CCCC(=O)c1cc2c(oc(=O)c3c(O)cccc32)c(O)c1C. The molecule has 5 nitrogen and oxygen atoms in total. The highest BCUT2D eigenvalue weighted by molar-refractivity contribution is 6.11. The third-order valence-corrected chi connectivity index (χ3v) is 4.02. The van der Waals surface area contributed by atoms with Crippen LogP contribution in [0, 0.1) is 6.92 Å². The number of phenols is 2. The van der Waals surface area contributed by atoms with Crippen molar-refractivity contribution < 1.29 is 19.4 Å². The molecular weight excluding hydrogens is 296 g/mol. The van der Waals surface area contributed by atoms with Crippen LogP contribution >= 0.6 is 0 Å². The summed E-state index contributed by atoms with van der Waals surface area (Å²) in [6, 6.07) is 6.26. The zero-order valence-corrected chi connectivity index (χ0v) is 12.8. The Kier molecular flexibility index (Phi) is 3.56. The van der Waals surface area contributed by atoms with Gasteiger partial charge in [0.25, 0.3) is 0 Å². The minimum Gasteiger partial charge on any atom is -0.507 e. The van der Waals surface area contributed by atoms with Gasteiger partial charge in [-0.1, -0.05) is 19.1 Å². The molecule has 0 spiro atoms. The van der Waals surface area contributed by atoms with Gasteiger partial charge in [-0.2, -0.15) is 0 Å². The third kappa shape index (κ3) is 2.25. The fourth-order valence-electron chi connectivity index (χ4n) is 2.82. The second-order valence-electron chi connectivity index (χ2n) is 5.54. The minimum absolute atomic E-state index is 0.0265. The van der Waals surface area contributed by atoms with Gasteiger partial charge in [0.2, 0.25) is 0 Å². The van der Waals surface area contributed by atoms with Crippen LogP contribution < -0.4 is 5.63 Å². The lowest BCUT2D eigenvalue weighted by atomic mass is 9.96. The number of fused-ring (bicyclic) bond motifs is 3. The molecule has 0 aliphatic rings. The lowest BCUT2D eigenvalue weighted by Gasteiger charge is -2.11. The summed E-state index contributed by atoms with van der Waals surface area (Å²) in [7, 11) is 0. The predicted molar refractivity (Wildman–Crippen MR) is 87.3 cm³/mol. The van der Waals surface area contributed by atoms with E-state index in [0.29, 0.717) is 34.7 Å². The number of ketones is 1. The van der Waals surface area contributed by atoms with E-state index in [1.807, 2.05) is 6.92 Å². The molecule has 0 radical (unpaired) electrons. The molecule has 3 aromatic rings. The van der Waals surface area contributed by atoms with Gasteiger partial charge in [0, 0.05) is 28.3 Å². The summed E-state index contributed by atoms with van der Waals surface area (Å²) in [5.41, 5.74) is 0.0838. The summed E-state index contributed by atoms with van der Waals surface area (Å²) in [5, 5.41) is 21.2. The summed E-state index contributed by atoms with van der Waals surface area (Å²) < 4.78 is 5.19. The van der Waals surface area contributed by atoms with Gasteiger partial charge in [-0.3, -0.25) is 4.79 Å². The number of benzene rings is 2. The molecule has 5 heteroatoms. The molecule has 2 aromatic carbocycles. The quantitative estimate of drug-likeness (QED) is 0.438. The van der Waals surface area contributed by atoms with E-state index in [4.69, 9.17) is 4.42 Å². The zero-order chi connectivity index (χ0) is 16.7. The monoisotopic (exact) mass is 312 g/mol. The molecule has 3 rings (SSSR count). The molecule has 23 heavy (non-hydrogen) atoms. The Balaban J connectivity index is 2.49. The molecular formula is C18H16O5. The molecule has 0 saturated carbocycles. The second-order valence-corrected chi connectivity index (χ2v) is 5.54. The maximum absolute atomic E-state index is 12.3. The Hall–Kier alpha value is -2.82. The lowest BCUT2D eigenvalue weighted by molar-refractivity contribution is 0.0981. The molecule has 0 aliphatic carbocycles. The number of hydrogen-bond donors (Lipinski definition) is 2. The Bertz CT molecular complexity index is 998. The number of phenolic OH excluding ortho intramolecular Hbond substituents is 2. The number of carbonyl (C=O) groups is 1. The second kappa shape index (κ2) is 5.43. The van der Waals surface area contributed by atoms with Crippen molar-refractivity contribution in [1.29, 1.82) is 0 Å². The summed E-state index contributed by atoms with van der Waals surface area (Å²) in [5.74, 6) is -0.495. The first-order valence-electron chi connectivity index (χ1n) is 7.40. The molecule has 0 atom stereocenters. The molecule has 0 aliphatic heterocycles. The van der Waals surface area contributed by atoms with Crippen molar-refractivity contribution in [3.63, 3.8) is 0 Å². The summed E-state index contributed by atoms with van der Waals surface area (Å²) in [6.45, 7) is 3.52. The Morgan fingerprint density at radius 1 is 1.22 bits per heavy atom. The molecule has 0 bridgehead atoms. The van der Waals surface area contributed by atoms with Crippen LogP contribution in [-0.4, -0.2) is 16.0 Å². The van der Waals surface area contributed by atoms with Gasteiger partial charge in [0.15, 0.2) is 17.1 Å². The molecule has 1 heterocycles. The number of rotatable bonds is 3. The van der Waals surface area contributed by atoms with Gasteiger partial charge in [-0.05, 0) is 25.5 Å². The first-order chi connectivity index (χ1) is 11.0. The molecule has 0 unspecified atom stereocenters. The number of hydrogen-bond acceptors (Lipinski definition) is 5. The highest BCUT2D eigenvalue weighted by Crippen LogP contribution is 2.36. The van der Waals surface area contributed by atoms with Crippen LogP contribution in [0.3, 0.4) is 0 Å². The van der Waals surface area contributed by atoms with Crippen molar-refractivity contribution in [2.75, 3.05) is 0 Å². The van der Waals surface area contributed by atoms with Crippen molar-refractivity contribution in [2.45, 2.75) is 26.7 Å².